The van der Waals surface area contributed by atoms with Gasteiger partial charge in [0.05, 0.1) is 11.2 Å². The Balaban J connectivity index is 0.000000855. The second-order valence-corrected chi connectivity index (χ2v) is 7.18. The Labute approximate surface area is 186 Å². The topological polar surface area (TPSA) is 78.6 Å². The molecule has 0 spiro atoms. The van der Waals surface area contributed by atoms with Gasteiger partial charge in [-0.05, 0) is 33.1 Å². The molecule has 2 aromatic heterocycles. The van der Waals surface area contributed by atoms with Crippen LogP contribution in [0.1, 0.15) is 39.8 Å². The van der Waals surface area contributed by atoms with Gasteiger partial charge in [-0.25, -0.2) is 13.8 Å². The van der Waals surface area contributed by atoms with Gasteiger partial charge in [0, 0.05) is 60.4 Å². The van der Waals surface area contributed by atoms with Crippen LogP contribution in [-0.4, -0.2) is 40.4 Å². The Morgan fingerprint density at radius 2 is 1.63 bits per heavy atom. The second kappa shape index (κ2) is 9.38. The molecule has 3 heterocycles. The van der Waals surface area contributed by atoms with E-state index in [1.165, 1.54) is 18.5 Å². The number of aromatic nitrogens is 2. The van der Waals surface area contributed by atoms with E-state index in [1.54, 1.807) is 7.05 Å². The Kier molecular flexibility index (Phi) is 8.54. The molecule has 0 aliphatic carbocycles. The van der Waals surface area contributed by atoms with Gasteiger partial charge in [-0.2, -0.15) is 7.05 Å². The third-order valence-electron chi connectivity index (χ3n) is 4.53. The van der Waals surface area contributed by atoms with Crippen molar-refractivity contribution in [1.29, 1.82) is 0 Å². The Bertz CT molecular complexity index is 783. The van der Waals surface area contributed by atoms with Crippen LogP contribution in [0.4, 0.5) is 8.78 Å². The summed E-state index contributed by atoms with van der Waals surface area (Å²) >= 11 is 3.41. The van der Waals surface area contributed by atoms with E-state index in [9.17, 15) is 13.9 Å². The first-order chi connectivity index (χ1) is 12.0. The van der Waals surface area contributed by atoms with Crippen LogP contribution in [0.25, 0.3) is 15.5 Å². The monoisotopic (exact) mass is 622 g/mol. The molecule has 0 bridgehead atoms. The molecule has 3 rings (SSSR count). The second-order valence-electron chi connectivity index (χ2n) is 6.78. The number of fused-ring (bicyclic) bond motifs is 1. The van der Waals surface area contributed by atoms with Crippen molar-refractivity contribution < 1.29 is 54.3 Å². The number of alkyl halides is 2. The zero-order valence-corrected chi connectivity index (χ0v) is 20.8. The van der Waals surface area contributed by atoms with Gasteiger partial charge in [-0.15, -0.1) is 0 Å². The first-order valence-corrected chi connectivity index (χ1v) is 8.28. The summed E-state index contributed by atoms with van der Waals surface area (Å²) in [7, 11) is 0.854. The van der Waals surface area contributed by atoms with Gasteiger partial charge in [0.2, 0.25) is 5.88 Å². The van der Waals surface area contributed by atoms with E-state index < -0.39 is 24.7 Å². The summed E-state index contributed by atoms with van der Waals surface area (Å²) in [6, 6.07) is 1.32. The molecule has 0 aromatic carbocycles. The SMILES string of the molecule is CC1(C)OB(c2cnc(C(F)F)c3cnc(O)cc23)OC1(C)C.C[N-]S.[U]. The molecule has 0 atom stereocenters. The Hall–Kier alpha value is -0.433. The van der Waals surface area contributed by atoms with Gasteiger partial charge in [-0.1, -0.05) is 0 Å². The van der Waals surface area contributed by atoms with Crippen LogP contribution < -0.4 is 5.46 Å². The molecular weight excluding hydrogens is 601 g/mol. The molecular formula is C16H21BF2N3O3SU-. The van der Waals surface area contributed by atoms with Crippen molar-refractivity contribution in [2.24, 2.45) is 0 Å². The van der Waals surface area contributed by atoms with Gasteiger partial charge in [0.1, 0.15) is 5.69 Å². The molecule has 1 N–H and O–H groups in total. The van der Waals surface area contributed by atoms with Crippen molar-refractivity contribution in [3.05, 3.63) is 28.9 Å². The minimum absolute atomic E-state index is 0. The number of aromatic hydroxyl groups is 1. The molecule has 146 valence electrons. The first kappa shape index (κ1) is 24.6. The number of halogens is 2. The summed E-state index contributed by atoms with van der Waals surface area (Å²) in [5, 5.41) is 10.2. The van der Waals surface area contributed by atoms with Crippen molar-refractivity contribution >= 4 is 36.2 Å². The van der Waals surface area contributed by atoms with Crippen LogP contribution in [0.15, 0.2) is 18.5 Å². The van der Waals surface area contributed by atoms with E-state index in [0.29, 0.717) is 10.8 Å². The average Bonchev–Trinajstić information content (AvgIpc) is 2.74. The van der Waals surface area contributed by atoms with E-state index in [2.05, 4.69) is 27.5 Å². The molecule has 1 aliphatic rings. The van der Waals surface area contributed by atoms with Gasteiger partial charge >= 0.3 is 7.12 Å². The smallest absolute Gasteiger partial charge is 0.497 e. The maximum absolute atomic E-state index is 13.1. The third-order valence-corrected chi connectivity index (χ3v) is 4.53. The molecule has 11 heteroatoms. The molecule has 0 radical (unpaired) electrons. The van der Waals surface area contributed by atoms with Crippen LogP contribution in [-0.2, 0) is 9.31 Å². The molecule has 27 heavy (non-hydrogen) atoms. The van der Waals surface area contributed by atoms with E-state index in [0.717, 1.165) is 0 Å². The Morgan fingerprint density at radius 1 is 1.11 bits per heavy atom. The summed E-state index contributed by atoms with van der Waals surface area (Å²) in [6.45, 7) is 7.59. The summed E-state index contributed by atoms with van der Waals surface area (Å²) in [6.07, 6.45) is -0.240. The van der Waals surface area contributed by atoms with Crippen molar-refractivity contribution in [2.45, 2.75) is 45.3 Å². The number of thiol groups is 1. The molecule has 0 amide bonds. The van der Waals surface area contributed by atoms with Gasteiger partial charge < -0.3 is 32.0 Å². The minimum Gasteiger partial charge on any atom is -0.612 e. The number of pyridine rings is 2. The van der Waals surface area contributed by atoms with Crippen LogP contribution in [0.5, 0.6) is 5.88 Å². The van der Waals surface area contributed by atoms with E-state index in [4.69, 9.17) is 9.31 Å². The van der Waals surface area contributed by atoms with Crippen LogP contribution in [0, 0.1) is 31.1 Å². The fraction of sp³-hybridized carbons (Fsp3) is 0.500. The van der Waals surface area contributed by atoms with E-state index >= 15 is 0 Å². The Morgan fingerprint density at radius 3 is 2.11 bits per heavy atom. The summed E-state index contributed by atoms with van der Waals surface area (Å²) in [5.41, 5.74) is -1.03. The zero-order chi connectivity index (χ0) is 19.7. The summed E-state index contributed by atoms with van der Waals surface area (Å²) in [5.74, 6) is -0.262. The molecule has 1 saturated heterocycles. The van der Waals surface area contributed by atoms with E-state index in [-0.39, 0.29) is 48.1 Å². The predicted octanol–water partition coefficient (Wildman–Crippen LogP) is 3.41. The summed E-state index contributed by atoms with van der Waals surface area (Å²) < 4.78 is 41.4. The van der Waals surface area contributed by atoms with E-state index in [1.807, 2.05) is 27.7 Å². The fourth-order valence-electron chi connectivity index (χ4n) is 2.50. The minimum atomic E-state index is -2.74. The molecule has 2 aromatic rings. The van der Waals surface area contributed by atoms with Crippen LogP contribution >= 0.6 is 12.8 Å². The van der Waals surface area contributed by atoms with Crippen LogP contribution in [0.2, 0.25) is 0 Å². The largest absolute Gasteiger partial charge is 0.612 e. The number of hydrogen-bond donors (Lipinski definition) is 2. The molecule has 6 nitrogen and oxygen atoms in total. The molecule has 1 aliphatic heterocycles. The van der Waals surface area contributed by atoms with Crippen molar-refractivity contribution in [1.82, 2.24) is 9.97 Å². The maximum Gasteiger partial charge on any atom is 0.497 e. The quantitative estimate of drug-likeness (QED) is 0.397. The van der Waals surface area contributed by atoms with Gasteiger partial charge in [0.15, 0.2) is 0 Å². The van der Waals surface area contributed by atoms with Gasteiger partial charge in [-0.3, -0.25) is 4.98 Å². The fourth-order valence-corrected chi connectivity index (χ4v) is 2.50. The average molecular weight is 622 g/mol. The van der Waals surface area contributed by atoms with Gasteiger partial charge in [0.25, 0.3) is 6.43 Å². The van der Waals surface area contributed by atoms with Crippen molar-refractivity contribution in [3.63, 3.8) is 0 Å². The number of rotatable bonds is 2. The molecule has 1 fully saturated rings. The standard InChI is InChI=1S/C15H17BF2N2O3.CH4NS.U/c1-14(2)15(3,4)23-16(22-14)10-7-20-12(13(17)18)9-6-19-11(21)5-8(9)10;1-2-3;/h5-7,13H,1-4H3,(H,19,21);3H,1H3;/q;-1;. The third kappa shape index (κ3) is 5.14. The molecule has 0 saturated carbocycles. The maximum atomic E-state index is 13.1. The number of hydrogen-bond acceptors (Lipinski definition) is 6. The molecule has 0 unspecified atom stereocenters. The zero-order valence-electron chi connectivity index (χ0n) is 15.7. The number of nitrogens with zero attached hydrogens (tertiary/aromatic N) is 3. The van der Waals surface area contributed by atoms with Crippen molar-refractivity contribution in [3.8, 4) is 5.88 Å². The normalized spacial score (nSPS) is 17.4. The van der Waals surface area contributed by atoms with Crippen LogP contribution in [0.3, 0.4) is 0 Å². The predicted molar refractivity (Wildman–Crippen MR) is 100 cm³/mol. The first-order valence-electron chi connectivity index (χ1n) is 7.88. The summed E-state index contributed by atoms with van der Waals surface area (Å²) in [4.78, 5) is 7.52. The van der Waals surface area contributed by atoms with Crippen molar-refractivity contribution in [2.75, 3.05) is 7.05 Å².